The molecule has 104 valence electrons. The Morgan fingerprint density at radius 1 is 1.30 bits per heavy atom. The van der Waals surface area contributed by atoms with E-state index in [9.17, 15) is 9.59 Å². The molecule has 0 radical (unpaired) electrons. The number of carboxylic acids is 1. The molecular weight excluding hydrogens is 264 g/mol. The van der Waals surface area contributed by atoms with Crippen molar-refractivity contribution >= 4 is 11.9 Å². The van der Waals surface area contributed by atoms with Crippen LogP contribution in [0.15, 0.2) is 30.5 Å². The summed E-state index contributed by atoms with van der Waals surface area (Å²) >= 11 is 0. The van der Waals surface area contributed by atoms with Crippen LogP contribution in [0.2, 0.25) is 0 Å². The van der Waals surface area contributed by atoms with Gasteiger partial charge in [-0.3, -0.25) is 4.68 Å². The Morgan fingerprint density at radius 3 is 2.65 bits per heavy atom. The number of methoxy groups -OCH3 is 1. The van der Waals surface area contributed by atoms with Crippen LogP contribution in [0.4, 0.5) is 0 Å². The zero-order valence-electron chi connectivity index (χ0n) is 10.9. The van der Waals surface area contributed by atoms with Crippen molar-refractivity contribution in [3.8, 4) is 11.5 Å². The van der Waals surface area contributed by atoms with Crippen molar-refractivity contribution < 1.29 is 24.2 Å². The summed E-state index contributed by atoms with van der Waals surface area (Å²) in [5, 5.41) is 12.7. The Bertz CT molecular complexity index is 663. The number of nitrogens with zero attached hydrogens (tertiary/aromatic N) is 2. The average Bonchev–Trinajstić information content (AvgIpc) is 2.81. The Labute approximate surface area is 114 Å². The monoisotopic (exact) mass is 276 g/mol. The summed E-state index contributed by atoms with van der Waals surface area (Å²) in [5.41, 5.74) is -0.333. The molecule has 1 aromatic heterocycles. The van der Waals surface area contributed by atoms with Gasteiger partial charge in [-0.15, -0.1) is 0 Å². The molecule has 2 rings (SSSR count). The molecule has 0 fully saturated rings. The fourth-order valence-corrected chi connectivity index (χ4v) is 1.66. The van der Waals surface area contributed by atoms with E-state index in [4.69, 9.17) is 14.6 Å². The molecule has 2 aromatic rings. The van der Waals surface area contributed by atoms with E-state index in [-0.39, 0.29) is 17.0 Å². The van der Waals surface area contributed by atoms with Gasteiger partial charge in [-0.2, -0.15) is 5.10 Å². The van der Waals surface area contributed by atoms with Crippen LogP contribution in [0.3, 0.4) is 0 Å². The molecule has 0 aliphatic rings. The van der Waals surface area contributed by atoms with Gasteiger partial charge in [-0.25, -0.2) is 9.59 Å². The number of aromatic nitrogens is 2. The maximum absolute atomic E-state index is 12.0. The number of aryl methyl sites for hydroxylation is 1. The van der Waals surface area contributed by atoms with Gasteiger partial charge in [0.2, 0.25) is 0 Å². The number of carbonyl (C=O) groups is 2. The first-order valence-electron chi connectivity index (χ1n) is 5.64. The SMILES string of the molecule is COc1cccc(OC(=O)c2c(C(=O)O)cnn2C)c1. The van der Waals surface area contributed by atoms with Gasteiger partial charge in [0.1, 0.15) is 17.1 Å². The summed E-state index contributed by atoms with van der Waals surface area (Å²) in [7, 11) is 2.96. The third-order valence-electron chi connectivity index (χ3n) is 2.61. The third-order valence-corrected chi connectivity index (χ3v) is 2.61. The highest BCUT2D eigenvalue weighted by molar-refractivity contribution is 6.01. The van der Waals surface area contributed by atoms with Gasteiger partial charge in [0, 0.05) is 13.1 Å². The van der Waals surface area contributed by atoms with Crippen LogP contribution in [0.5, 0.6) is 11.5 Å². The zero-order valence-corrected chi connectivity index (χ0v) is 10.9. The van der Waals surface area contributed by atoms with E-state index in [1.54, 1.807) is 18.2 Å². The van der Waals surface area contributed by atoms with Crippen LogP contribution in [0.1, 0.15) is 20.8 Å². The molecular formula is C13H12N2O5. The lowest BCUT2D eigenvalue weighted by atomic mass is 10.2. The fraction of sp³-hybridized carbons (Fsp3) is 0.154. The molecule has 7 heteroatoms. The molecule has 7 nitrogen and oxygen atoms in total. The number of rotatable bonds is 4. The molecule has 0 atom stereocenters. The Hall–Kier alpha value is -2.83. The molecule has 0 aliphatic heterocycles. The Morgan fingerprint density at radius 2 is 2.00 bits per heavy atom. The van der Waals surface area contributed by atoms with Crippen molar-refractivity contribution in [2.45, 2.75) is 0 Å². The summed E-state index contributed by atoms with van der Waals surface area (Å²) in [6.07, 6.45) is 1.10. The predicted molar refractivity (Wildman–Crippen MR) is 68.1 cm³/mol. The van der Waals surface area contributed by atoms with Crippen LogP contribution in [0, 0.1) is 0 Å². The van der Waals surface area contributed by atoms with E-state index < -0.39 is 11.9 Å². The second-order valence-electron chi connectivity index (χ2n) is 3.90. The first-order chi connectivity index (χ1) is 9.52. The number of hydrogen-bond acceptors (Lipinski definition) is 5. The average molecular weight is 276 g/mol. The van der Waals surface area contributed by atoms with Gasteiger partial charge in [0.25, 0.3) is 0 Å². The molecule has 1 aromatic carbocycles. The standard InChI is InChI=1S/C13H12N2O5/c1-15-11(10(7-14-15)12(16)17)13(18)20-9-5-3-4-8(6-9)19-2/h3-7H,1-2H3,(H,16,17). The Kier molecular flexibility index (Phi) is 3.69. The molecule has 1 heterocycles. The normalized spacial score (nSPS) is 10.1. The van der Waals surface area contributed by atoms with Gasteiger partial charge < -0.3 is 14.6 Å². The lowest BCUT2D eigenvalue weighted by Crippen LogP contribution is -2.17. The molecule has 20 heavy (non-hydrogen) atoms. The maximum Gasteiger partial charge on any atom is 0.362 e. The molecule has 0 amide bonds. The quantitative estimate of drug-likeness (QED) is 0.669. The fourth-order valence-electron chi connectivity index (χ4n) is 1.66. The smallest absolute Gasteiger partial charge is 0.362 e. The number of hydrogen-bond donors (Lipinski definition) is 1. The number of benzene rings is 1. The lowest BCUT2D eigenvalue weighted by Gasteiger charge is -2.07. The minimum absolute atomic E-state index is 0.125. The van der Waals surface area contributed by atoms with E-state index in [1.807, 2.05) is 0 Å². The summed E-state index contributed by atoms with van der Waals surface area (Å²) in [6.45, 7) is 0. The minimum atomic E-state index is -1.24. The minimum Gasteiger partial charge on any atom is -0.497 e. The number of ether oxygens (including phenoxy) is 2. The van der Waals surface area contributed by atoms with E-state index in [0.717, 1.165) is 10.9 Å². The van der Waals surface area contributed by atoms with Crippen LogP contribution in [-0.4, -0.2) is 33.9 Å². The van der Waals surface area contributed by atoms with Crippen LogP contribution < -0.4 is 9.47 Å². The van der Waals surface area contributed by atoms with Crippen LogP contribution in [0.25, 0.3) is 0 Å². The summed E-state index contributed by atoms with van der Waals surface area (Å²) in [5.74, 6) is -1.25. The second-order valence-corrected chi connectivity index (χ2v) is 3.90. The van der Waals surface area contributed by atoms with E-state index in [2.05, 4.69) is 5.10 Å². The summed E-state index contributed by atoms with van der Waals surface area (Å²) in [6, 6.07) is 6.44. The van der Waals surface area contributed by atoms with Crippen molar-refractivity contribution in [3.05, 3.63) is 41.7 Å². The van der Waals surface area contributed by atoms with Gasteiger partial charge in [-0.05, 0) is 12.1 Å². The van der Waals surface area contributed by atoms with Crippen molar-refractivity contribution in [2.24, 2.45) is 7.05 Å². The van der Waals surface area contributed by atoms with Gasteiger partial charge in [-0.1, -0.05) is 6.07 Å². The molecule has 0 unspecified atom stereocenters. The molecule has 0 saturated carbocycles. The first kappa shape index (κ1) is 13.6. The van der Waals surface area contributed by atoms with Crippen molar-refractivity contribution in [1.82, 2.24) is 9.78 Å². The Balaban J connectivity index is 2.28. The van der Waals surface area contributed by atoms with Gasteiger partial charge in [0.15, 0.2) is 5.69 Å². The molecule has 0 saturated heterocycles. The maximum atomic E-state index is 12.0. The number of carbonyl (C=O) groups excluding carboxylic acids is 1. The summed E-state index contributed by atoms with van der Waals surface area (Å²) in [4.78, 5) is 23.0. The number of esters is 1. The van der Waals surface area contributed by atoms with E-state index in [0.29, 0.717) is 5.75 Å². The molecule has 0 spiro atoms. The van der Waals surface area contributed by atoms with Gasteiger partial charge in [0.05, 0.1) is 13.3 Å². The van der Waals surface area contributed by atoms with Crippen LogP contribution >= 0.6 is 0 Å². The number of carboxylic acid groups (broad SMARTS) is 1. The van der Waals surface area contributed by atoms with Crippen molar-refractivity contribution in [2.75, 3.05) is 7.11 Å². The molecule has 1 N–H and O–H groups in total. The van der Waals surface area contributed by atoms with Crippen LogP contribution in [-0.2, 0) is 7.05 Å². The molecule has 0 aliphatic carbocycles. The highest BCUT2D eigenvalue weighted by Gasteiger charge is 2.23. The second kappa shape index (κ2) is 5.43. The third kappa shape index (κ3) is 2.61. The van der Waals surface area contributed by atoms with Gasteiger partial charge >= 0.3 is 11.9 Å². The lowest BCUT2D eigenvalue weighted by molar-refractivity contribution is 0.0663. The number of aromatic carboxylic acids is 1. The van der Waals surface area contributed by atoms with Crippen molar-refractivity contribution in [1.29, 1.82) is 0 Å². The largest absolute Gasteiger partial charge is 0.497 e. The highest BCUT2D eigenvalue weighted by atomic mass is 16.5. The summed E-state index contributed by atoms with van der Waals surface area (Å²) < 4.78 is 11.3. The van der Waals surface area contributed by atoms with Crippen molar-refractivity contribution in [3.63, 3.8) is 0 Å². The predicted octanol–water partition coefficient (Wildman–Crippen LogP) is 1.35. The van der Waals surface area contributed by atoms with E-state index >= 15 is 0 Å². The first-order valence-corrected chi connectivity index (χ1v) is 5.64. The topological polar surface area (TPSA) is 90.7 Å². The van der Waals surface area contributed by atoms with E-state index in [1.165, 1.54) is 20.2 Å². The molecule has 0 bridgehead atoms. The zero-order chi connectivity index (χ0) is 14.7. The highest BCUT2D eigenvalue weighted by Crippen LogP contribution is 2.20.